The molecule has 88 valence electrons. The molecule has 0 aliphatic heterocycles. The van der Waals surface area contributed by atoms with Gasteiger partial charge in [0.05, 0.1) is 11.4 Å². The summed E-state index contributed by atoms with van der Waals surface area (Å²) in [6.07, 6.45) is 0.155. The third kappa shape index (κ3) is 3.85. The number of carbonyl (C=O) groups is 1. The van der Waals surface area contributed by atoms with Crippen molar-refractivity contribution < 1.29 is 9.53 Å². The number of ether oxygens (including phenoxy) is 1. The van der Waals surface area contributed by atoms with E-state index in [0.717, 1.165) is 17.0 Å². The molecule has 1 N–H and O–H groups in total. The van der Waals surface area contributed by atoms with Gasteiger partial charge < -0.3 is 10.1 Å². The van der Waals surface area contributed by atoms with Crippen molar-refractivity contribution >= 4 is 27.5 Å². The van der Waals surface area contributed by atoms with Gasteiger partial charge in [0, 0.05) is 5.69 Å². The second kappa shape index (κ2) is 5.89. The van der Waals surface area contributed by atoms with E-state index in [1.165, 1.54) is 0 Å². The SMILES string of the molecule is Cc1cc(OC(C)C)ccc1NC(=O)CBr. The molecule has 0 radical (unpaired) electrons. The van der Waals surface area contributed by atoms with Crippen molar-refractivity contribution in [1.29, 1.82) is 0 Å². The molecule has 0 aliphatic rings. The number of rotatable bonds is 4. The molecule has 1 aromatic carbocycles. The highest BCUT2D eigenvalue weighted by molar-refractivity contribution is 9.09. The summed E-state index contributed by atoms with van der Waals surface area (Å²) in [5.74, 6) is 0.768. The Hall–Kier alpha value is -1.03. The normalized spacial score (nSPS) is 10.3. The predicted octanol–water partition coefficient (Wildman–Crippen LogP) is 3.12. The van der Waals surface area contributed by atoms with Gasteiger partial charge in [-0.25, -0.2) is 0 Å². The molecule has 0 unspecified atom stereocenters. The second-order valence-electron chi connectivity index (χ2n) is 3.83. The third-order valence-electron chi connectivity index (χ3n) is 1.97. The first-order valence-corrected chi connectivity index (χ1v) is 6.28. The molecule has 0 fully saturated rings. The van der Waals surface area contributed by atoms with Crippen molar-refractivity contribution in [2.75, 3.05) is 10.6 Å². The van der Waals surface area contributed by atoms with Gasteiger partial charge in [0.25, 0.3) is 0 Å². The van der Waals surface area contributed by atoms with Gasteiger partial charge >= 0.3 is 0 Å². The number of hydrogen-bond donors (Lipinski definition) is 1. The first-order chi connectivity index (χ1) is 7.52. The highest BCUT2D eigenvalue weighted by Crippen LogP contribution is 2.22. The van der Waals surface area contributed by atoms with E-state index in [1.807, 2.05) is 39.0 Å². The largest absolute Gasteiger partial charge is 0.491 e. The van der Waals surface area contributed by atoms with E-state index in [9.17, 15) is 4.79 Å². The summed E-state index contributed by atoms with van der Waals surface area (Å²) >= 11 is 3.11. The maximum absolute atomic E-state index is 11.2. The molecule has 1 amide bonds. The molecule has 0 heterocycles. The van der Waals surface area contributed by atoms with Crippen LogP contribution in [0.5, 0.6) is 5.75 Å². The monoisotopic (exact) mass is 285 g/mol. The number of halogens is 1. The standard InChI is InChI=1S/C12H16BrNO2/c1-8(2)16-10-4-5-11(9(3)6-10)14-12(15)7-13/h4-6,8H,7H2,1-3H3,(H,14,15). The number of carbonyl (C=O) groups excluding carboxylic acids is 1. The molecule has 0 saturated heterocycles. The molecule has 0 bridgehead atoms. The number of benzene rings is 1. The minimum atomic E-state index is -0.0550. The fraction of sp³-hybridized carbons (Fsp3) is 0.417. The maximum Gasteiger partial charge on any atom is 0.235 e. The number of hydrogen-bond acceptors (Lipinski definition) is 2. The molecule has 3 nitrogen and oxygen atoms in total. The fourth-order valence-corrected chi connectivity index (χ4v) is 1.45. The lowest BCUT2D eigenvalue weighted by atomic mass is 10.2. The summed E-state index contributed by atoms with van der Waals surface area (Å²) in [6, 6.07) is 5.63. The third-order valence-corrected chi connectivity index (χ3v) is 2.47. The van der Waals surface area contributed by atoms with Crippen LogP contribution in [-0.2, 0) is 4.79 Å². The first kappa shape index (κ1) is 13.0. The highest BCUT2D eigenvalue weighted by Gasteiger charge is 2.05. The van der Waals surface area contributed by atoms with Gasteiger partial charge in [-0.15, -0.1) is 0 Å². The smallest absolute Gasteiger partial charge is 0.235 e. The molecule has 0 aliphatic carbocycles. The van der Waals surface area contributed by atoms with Crippen LogP contribution in [0, 0.1) is 6.92 Å². The molecular weight excluding hydrogens is 270 g/mol. The van der Waals surface area contributed by atoms with Crippen LogP contribution in [0.2, 0.25) is 0 Å². The average molecular weight is 286 g/mol. The van der Waals surface area contributed by atoms with Crippen LogP contribution >= 0.6 is 15.9 Å². The van der Waals surface area contributed by atoms with E-state index < -0.39 is 0 Å². The van der Waals surface area contributed by atoms with Crippen molar-refractivity contribution in [2.45, 2.75) is 26.9 Å². The zero-order valence-corrected chi connectivity index (χ0v) is 11.3. The van der Waals surface area contributed by atoms with Gasteiger partial charge in [0.1, 0.15) is 5.75 Å². The van der Waals surface area contributed by atoms with Crippen LogP contribution in [0.25, 0.3) is 0 Å². The van der Waals surface area contributed by atoms with Gasteiger partial charge in [0.15, 0.2) is 0 Å². The van der Waals surface area contributed by atoms with Crippen LogP contribution in [0.4, 0.5) is 5.69 Å². The lowest BCUT2D eigenvalue weighted by Crippen LogP contribution is -2.13. The fourth-order valence-electron chi connectivity index (χ4n) is 1.31. The Kier molecular flexibility index (Phi) is 4.80. The van der Waals surface area contributed by atoms with Crippen molar-refractivity contribution in [2.24, 2.45) is 0 Å². The average Bonchev–Trinajstić information content (AvgIpc) is 2.21. The van der Waals surface area contributed by atoms with Crippen LogP contribution in [0.3, 0.4) is 0 Å². The molecule has 16 heavy (non-hydrogen) atoms. The molecule has 0 aromatic heterocycles. The maximum atomic E-state index is 11.2. The lowest BCUT2D eigenvalue weighted by Gasteiger charge is -2.12. The Morgan fingerprint density at radius 1 is 1.50 bits per heavy atom. The Labute approximate surface area is 104 Å². The summed E-state index contributed by atoms with van der Waals surface area (Å²) in [5, 5.41) is 3.10. The summed E-state index contributed by atoms with van der Waals surface area (Å²) in [4.78, 5) is 11.2. The number of alkyl halides is 1. The summed E-state index contributed by atoms with van der Waals surface area (Å²) in [5.41, 5.74) is 1.81. The van der Waals surface area contributed by atoms with Crippen LogP contribution < -0.4 is 10.1 Å². The van der Waals surface area contributed by atoms with Gasteiger partial charge in [-0.3, -0.25) is 4.79 Å². The predicted molar refractivity (Wildman–Crippen MR) is 69.4 cm³/mol. The van der Waals surface area contributed by atoms with Crippen LogP contribution in [0.1, 0.15) is 19.4 Å². The van der Waals surface area contributed by atoms with Gasteiger partial charge in [-0.05, 0) is 44.5 Å². The van der Waals surface area contributed by atoms with E-state index in [4.69, 9.17) is 4.74 Å². The molecule has 0 spiro atoms. The minimum absolute atomic E-state index is 0.0550. The quantitative estimate of drug-likeness (QED) is 0.864. The van der Waals surface area contributed by atoms with E-state index in [1.54, 1.807) is 0 Å². The van der Waals surface area contributed by atoms with E-state index >= 15 is 0 Å². The van der Waals surface area contributed by atoms with Gasteiger partial charge in [-0.2, -0.15) is 0 Å². The number of anilines is 1. The molecular formula is C12H16BrNO2. The Bertz CT molecular complexity index is 377. The molecule has 0 atom stereocenters. The minimum Gasteiger partial charge on any atom is -0.491 e. The second-order valence-corrected chi connectivity index (χ2v) is 4.39. The van der Waals surface area contributed by atoms with Crippen LogP contribution in [-0.4, -0.2) is 17.3 Å². The topological polar surface area (TPSA) is 38.3 Å². The van der Waals surface area contributed by atoms with Crippen molar-refractivity contribution in [3.8, 4) is 5.75 Å². The summed E-state index contributed by atoms with van der Waals surface area (Å²) < 4.78 is 5.56. The number of amides is 1. The Balaban J connectivity index is 2.79. The molecule has 1 aromatic rings. The van der Waals surface area contributed by atoms with Crippen LogP contribution in [0.15, 0.2) is 18.2 Å². The number of aryl methyl sites for hydroxylation is 1. The zero-order chi connectivity index (χ0) is 12.1. The lowest BCUT2D eigenvalue weighted by molar-refractivity contribution is -0.113. The van der Waals surface area contributed by atoms with Crippen molar-refractivity contribution in [3.05, 3.63) is 23.8 Å². The zero-order valence-electron chi connectivity index (χ0n) is 9.71. The molecule has 0 saturated carbocycles. The Morgan fingerprint density at radius 2 is 2.19 bits per heavy atom. The van der Waals surface area contributed by atoms with Crippen molar-refractivity contribution in [1.82, 2.24) is 0 Å². The van der Waals surface area contributed by atoms with Gasteiger partial charge in [0.2, 0.25) is 5.91 Å². The summed E-state index contributed by atoms with van der Waals surface area (Å²) in [7, 11) is 0. The summed E-state index contributed by atoms with van der Waals surface area (Å²) in [6.45, 7) is 5.91. The Morgan fingerprint density at radius 3 is 2.69 bits per heavy atom. The molecule has 4 heteroatoms. The van der Waals surface area contributed by atoms with E-state index in [2.05, 4.69) is 21.2 Å². The highest BCUT2D eigenvalue weighted by atomic mass is 79.9. The number of nitrogens with one attached hydrogen (secondary N) is 1. The van der Waals surface area contributed by atoms with E-state index in [-0.39, 0.29) is 12.0 Å². The van der Waals surface area contributed by atoms with Crippen molar-refractivity contribution in [3.63, 3.8) is 0 Å². The first-order valence-electron chi connectivity index (χ1n) is 5.16. The van der Waals surface area contributed by atoms with E-state index in [0.29, 0.717) is 5.33 Å². The van der Waals surface area contributed by atoms with Gasteiger partial charge in [-0.1, -0.05) is 15.9 Å². The molecule has 1 rings (SSSR count).